The van der Waals surface area contributed by atoms with Gasteiger partial charge in [-0.1, -0.05) is 11.2 Å². The number of thiophene rings is 1. The van der Waals surface area contributed by atoms with E-state index in [4.69, 9.17) is 4.52 Å². The third-order valence-corrected chi connectivity index (χ3v) is 5.41. The predicted octanol–water partition coefficient (Wildman–Crippen LogP) is 3.01. The molecule has 0 spiro atoms. The van der Waals surface area contributed by atoms with E-state index in [9.17, 15) is 4.79 Å². The van der Waals surface area contributed by atoms with Crippen LogP contribution in [0.1, 0.15) is 52.7 Å². The van der Waals surface area contributed by atoms with Gasteiger partial charge in [0.1, 0.15) is 0 Å². The van der Waals surface area contributed by atoms with E-state index in [1.807, 2.05) is 0 Å². The maximum Gasteiger partial charge on any atom is 0.290 e. The predicted molar refractivity (Wildman–Crippen MR) is 88.6 cm³/mol. The summed E-state index contributed by atoms with van der Waals surface area (Å²) in [5, 5.41) is 9.23. The molecule has 1 atom stereocenters. The summed E-state index contributed by atoms with van der Waals surface area (Å²) in [5.74, 6) is 0.728. The largest absolute Gasteiger partial charge is 0.351 e. The van der Waals surface area contributed by atoms with Gasteiger partial charge in [-0.3, -0.25) is 9.69 Å². The van der Waals surface area contributed by atoms with Crippen LogP contribution in [0, 0.1) is 0 Å². The smallest absolute Gasteiger partial charge is 0.290 e. The summed E-state index contributed by atoms with van der Waals surface area (Å²) >= 11 is 1.79. The molecule has 1 aliphatic carbocycles. The highest BCUT2D eigenvalue weighted by molar-refractivity contribution is 7.09. The Labute approximate surface area is 139 Å². The molecule has 1 amide bonds. The summed E-state index contributed by atoms with van der Waals surface area (Å²) < 4.78 is 5.21. The average Bonchev–Trinajstić information content (AvgIpc) is 3.07. The monoisotopic (exact) mass is 331 g/mol. The van der Waals surface area contributed by atoms with E-state index in [1.54, 1.807) is 17.4 Å². The van der Waals surface area contributed by atoms with Gasteiger partial charge in [0.15, 0.2) is 0 Å². The SMILES string of the molecule is O=C(NC1CCCN(Cc2cccs2)C1)c1cc(C2CC2)no1. The second-order valence-electron chi connectivity index (χ2n) is 6.52. The van der Waals surface area contributed by atoms with E-state index < -0.39 is 0 Å². The van der Waals surface area contributed by atoms with Gasteiger partial charge < -0.3 is 9.84 Å². The molecule has 1 unspecified atom stereocenters. The standard InChI is InChI=1S/C17H21N3O2S/c21-17(16-9-15(19-22-16)12-5-6-12)18-13-3-1-7-20(10-13)11-14-4-2-8-23-14/h2,4,8-9,12-13H,1,3,5-7,10-11H2,(H,18,21). The summed E-state index contributed by atoms with van der Waals surface area (Å²) in [4.78, 5) is 16.1. The van der Waals surface area contributed by atoms with Gasteiger partial charge in [-0.2, -0.15) is 0 Å². The molecule has 0 radical (unpaired) electrons. The van der Waals surface area contributed by atoms with E-state index in [1.165, 1.54) is 4.88 Å². The molecule has 5 nitrogen and oxygen atoms in total. The Balaban J connectivity index is 1.32. The summed E-state index contributed by atoms with van der Waals surface area (Å²) in [6, 6.07) is 6.25. The first-order valence-electron chi connectivity index (χ1n) is 8.30. The van der Waals surface area contributed by atoms with E-state index in [0.29, 0.717) is 11.7 Å². The number of amides is 1. The van der Waals surface area contributed by atoms with Crippen LogP contribution in [0.25, 0.3) is 0 Å². The number of piperidine rings is 1. The minimum Gasteiger partial charge on any atom is -0.351 e. The fraction of sp³-hybridized carbons (Fsp3) is 0.529. The summed E-state index contributed by atoms with van der Waals surface area (Å²) in [7, 11) is 0. The van der Waals surface area contributed by atoms with Crippen molar-refractivity contribution >= 4 is 17.2 Å². The van der Waals surface area contributed by atoms with Crippen molar-refractivity contribution in [1.82, 2.24) is 15.4 Å². The zero-order valence-electron chi connectivity index (χ0n) is 13.0. The van der Waals surface area contributed by atoms with Crippen molar-refractivity contribution in [3.63, 3.8) is 0 Å². The first-order valence-corrected chi connectivity index (χ1v) is 9.18. The molecule has 6 heteroatoms. The minimum absolute atomic E-state index is 0.132. The van der Waals surface area contributed by atoms with Crippen molar-refractivity contribution in [2.45, 2.75) is 44.2 Å². The van der Waals surface area contributed by atoms with Crippen LogP contribution >= 0.6 is 11.3 Å². The lowest BCUT2D eigenvalue weighted by molar-refractivity contribution is 0.0864. The summed E-state index contributed by atoms with van der Waals surface area (Å²) in [6.45, 7) is 2.96. The first kappa shape index (κ1) is 14.9. The van der Waals surface area contributed by atoms with Crippen molar-refractivity contribution in [3.8, 4) is 0 Å². The number of carbonyl (C=O) groups excluding carboxylic acids is 1. The molecular formula is C17H21N3O2S. The maximum atomic E-state index is 12.3. The number of hydrogen-bond donors (Lipinski definition) is 1. The molecule has 1 saturated carbocycles. The molecular weight excluding hydrogens is 310 g/mol. The molecule has 1 saturated heterocycles. The molecule has 3 heterocycles. The number of nitrogens with zero attached hydrogens (tertiary/aromatic N) is 2. The third kappa shape index (κ3) is 3.64. The molecule has 2 aliphatic rings. The van der Waals surface area contributed by atoms with Crippen LogP contribution in [0.5, 0.6) is 0 Å². The number of carbonyl (C=O) groups is 1. The number of rotatable bonds is 5. The van der Waals surface area contributed by atoms with Crippen molar-refractivity contribution in [2.75, 3.05) is 13.1 Å². The van der Waals surface area contributed by atoms with Crippen LogP contribution in [-0.2, 0) is 6.54 Å². The third-order valence-electron chi connectivity index (χ3n) is 4.55. The van der Waals surface area contributed by atoms with Crippen molar-refractivity contribution in [2.24, 2.45) is 0 Å². The molecule has 2 aromatic rings. The van der Waals surface area contributed by atoms with Crippen LogP contribution in [0.4, 0.5) is 0 Å². The Bertz CT molecular complexity index is 663. The van der Waals surface area contributed by atoms with E-state index in [2.05, 4.69) is 32.9 Å². The van der Waals surface area contributed by atoms with Gasteiger partial charge in [0, 0.05) is 36.0 Å². The van der Waals surface area contributed by atoms with Gasteiger partial charge in [-0.15, -0.1) is 11.3 Å². The zero-order valence-corrected chi connectivity index (χ0v) is 13.8. The van der Waals surface area contributed by atoms with Crippen LogP contribution in [0.3, 0.4) is 0 Å². The van der Waals surface area contributed by atoms with Gasteiger partial charge in [-0.25, -0.2) is 0 Å². The lowest BCUT2D eigenvalue weighted by atomic mass is 10.1. The Kier molecular flexibility index (Phi) is 4.18. The van der Waals surface area contributed by atoms with Crippen LogP contribution in [-0.4, -0.2) is 35.1 Å². The van der Waals surface area contributed by atoms with Gasteiger partial charge >= 0.3 is 0 Å². The summed E-state index contributed by atoms with van der Waals surface area (Å²) in [6.07, 6.45) is 4.46. The number of aromatic nitrogens is 1. The maximum absolute atomic E-state index is 12.3. The molecule has 1 N–H and O–H groups in total. The molecule has 23 heavy (non-hydrogen) atoms. The highest BCUT2D eigenvalue weighted by Crippen LogP contribution is 2.39. The van der Waals surface area contributed by atoms with Crippen molar-refractivity contribution in [1.29, 1.82) is 0 Å². The number of nitrogens with one attached hydrogen (secondary N) is 1. The second kappa shape index (κ2) is 6.45. The lowest BCUT2D eigenvalue weighted by Gasteiger charge is -2.32. The molecule has 1 aliphatic heterocycles. The van der Waals surface area contributed by atoms with Gasteiger partial charge in [0.25, 0.3) is 5.91 Å². The molecule has 122 valence electrons. The van der Waals surface area contributed by atoms with Gasteiger partial charge in [0.2, 0.25) is 5.76 Å². The van der Waals surface area contributed by atoms with Gasteiger partial charge in [0.05, 0.1) is 5.69 Å². The van der Waals surface area contributed by atoms with Gasteiger partial charge in [-0.05, 0) is 43.7 Å². The zero-order chi connectivity index (χ0) is 15.6. The van der Waals surface area contributed by atoms with Crippen LogP contribution < -0.4 is 5.32 Å². The Morgan fingerprint density at radius 2 is 2.35 bits per heavy atom. The highest BCUT2D eigenvalue weighted by atomic mass is 32.1. The Hall–Kier alpha value is -1.66. The molecule has 0 aromatic carbocycles. The fourth-order valence-corrected chi connectivity index (χ4v) is 3.91. The number of likely N-dealkylation sites (tertiary alicyclic amines) is 1. The first-order chi connectivity index (χ1) is 11.3. The highest BCUT2D eigenvalue weighted by Gasteiger charge is 2.29. The summed E-state index contributed by atoms with van der Waals surface area (Å²) in [5.41, 5.74) is 0.929. The minimum atomic E-state index is -0.132. The van der Waals surface area contributed by atoms with E-state index in [0.717, 1.165) is 51.0 Å². The second-order valence-corrected chi connectivity index (χ2v) is 7.55. The van der Waals surface area contributed by atoms with E-state index in [-0.39, 0.29) is 11.9 Å². The van der Waals surface area contributed by atoms with Crippen LogP contribution in [0.15, 0.2) is 28.1 Å². The lowest BCUT2D eigenvalue weighted by Crippen LogP contribution is -2.47. The van der Waals surface area contributed by atoms with Crippen LogP contribution in [0.2, 0.25) is 0 Å². The molecule has 2 aromatic heterocycles. The van der Waals surface area contributed by atoms with Crippen molar-refractivity contribution < 1.29 is 9.32 Å². The number of hydrogen-bond acceptors (Lipinski definition) is 5. The quantitative estimate of drug-likeness (QED) is 0.915. The molecule has 2 fully saturated rings. The molecule has 4 rings (SSSR count). The Morgan fingerprint density at radius 1 is 1.43 bits per heavy atom. The average molecular weight is 331 g/mol. The van der Waals surface area contributed by atoms with Crippen molar-refractivity contribution in [3.05, 3.63) is 39.9 Å². The molecule has 0 bridgehead atoms. The normalized spacial score (nSPS) is 22.2. The Morgan fingerprint density at radius 3 is 3.13 bits per heavy atom. The topological polar surface area (TPSA) is 58.4 Å². The fourth-order valence-electron chi connectivity index (χ4n) is 3.16. The van der Waals surface area contributed by atoms with E-state index >= 15 is 0 Å².